The fourth-order valence-corrected chi connectivity index (χ4v) is 3.55. The molecule has 1 aromatic carbocycles. The molecule has 0 saturated heterocycles. The maximum Gasteiger partial charge on any atom is 0.0335 e. The average Bonchev–Trinajstić information content (AvgIpc) is 3.09. The molecular weight excluding hydrogens is 312 g/mol. The largest absolute Gasteiger partial charge is 0.290 e. The Hall–Kier alpha value is -1.97. The minimum atomic E-state index is 0.580. The van der Waals surface area contributed by atoms with Crippen LogP contribution in [0, 0.1) is 0 Å². The number of rotatable bonds is 7. The van der Waals surface area contributed by atoms with Crippen LogP contribution in [0.1, 0.15) is 41.3 Å². The number of nitrogens with zero attached hydrogens (tertiary/aromatic N) is 2. The van der Waals surface area contributed by atoms with E-state index >= 15 is 0 Å². The predicted octanol–water partition coefficient (Wildman–Crippen LogP) is 5.47. The molecule has 3 aromatic rings. The third-order valence-corrected chi connectivity index (χ3v) is 5.00. The SMILES string of the molecule is CC(C)c1ccc(CN(Cc2cccnc2)Cc2cccs2)cc1. The molecule has 0 spiro atoms. The number of hydrogen-bond acceptors (Lipinski definition) is 3. The van der Waals surface area contributed by atoms with Crippen molar-refractivity contribution >= 4 is 11.3 Å². The Bertz CT molecular complexity index is 718. The molecular formula is C21H24N2S. The highest BCUT2D eigenvalue weighted by atomic mass is 32.1. The summed E-state index contributed by atoms with van der Waals surface area (Å²) in [6, 6.07) is 17.5. The summed E-state index contributed by atoms with van der Waals surface area (Å²) in [4.78, 5) is 8.13. The first-order valence-corrected chi connectivity index (χ1v) is 9.31. The van der Waals surface area contributed by atoms with Gasteiger partial charge in [-0.05, 0) is 40.1 Å². The van der Waals surface area contributed by atoms with Crippen LogP contribution in [-0.4, -0.2) is 9.88 Å². The standard InChI is InChI=1S/C21H24N2S/c1-17(2)20-9-7-18(8-10-20)14-23(16-21-6-4-12-24-21)15-19-5-3-11-22-13-19/h3-13,17H,14-16H2,1-2H3. The van der Waals surface area contributed by atoms with E-state index in [-0.39, 0.29) is 0 Å². The zero-order valence-corrected chi connectivity index (χ0v) is 15.2. The molecule has 0 aliphatic heterocycles. The minimum Gasteiger partial charge on any atom is -0.290 e. The fraction of sp³-hybridized carbons (Fsp3) is 0.286. The van der Waals surface area contributed by atoms with Crippen molar-refractivity contribution in [2.75, 3.05) is 0 Å². The molecule has 3 rings (SSSR count). The smallest absolute Gasteiger partial charge is 0.0335 e. The fourth-order valence-electron chi connectivity index (χ4n) is 2.81. The van der Waals surface area contributed by atoms with Gasteiger partial charge in [-0.1, -0.05) is 50.2 Å². The second-order valence-corrected chi connectivity index (χ2v) is 7.51. The molecule has 0 amide bonds. The van der Waals surface area contributed by atoms with E-state index in [1.807, 2.05) is 29.8 Å². The maximum atomic E-state index is 4.25. The molecule has 0 saturated carbocycles. The summed E-state index contributed by atoms with van der Waals surface area (Å²) in [5, 5.41) is 2.15. The molecule has 0 unspecified atom stereocenters. The van der Waals surface area contributed by atoms with Crippen molar-refractivity contribution in [3.8, 4) is 0 Å². The molecule has 0 aliphatic carbocycles. The van der Waals surface area contributed by atoms with Crippen LogP contribution < -0.4 is 0 Å². The van der Waals surface area contributed by atoms with E-state index in [0.29, 0.717) is 5.92 Å². The van der Waals surface area contributed by atoms with Crippen LogP contribution in [0.15, 0.2) is 66.3 Å². The average molecular weight is 337 g/mol. The van der Waals surface area contributed by atoms with Gasteiger partial charge >= 0.3 is 0 Å². The summed E-state index contributed by atoms with van der Waals surface area (Å²) in [6.07, 6.45) is 3.79. The minimum absolute atomic E-state index is 0.580. The molecule has 124 valence electrons. The number of benzene rings is 1. The lowest BCUT2D eigenvalue weighted by atomic mass is 10.0. The van der Waals surface area contributed by atoms with Crippen LogP contribution >= 0.6 is 11.3 Å². The summed E-state index contributed by atoms with van der Waals surface area (Å²) in [5.74, 6) is 0.580. The Morgan fingerprint density at radius 3 is 2.33 bits per heavy atom. The van der Waals surface area contributed by atoms with Crippen LogP contribution in [0.5, 0.6) is 0 Å². The monoisotopic (exact) mass is 336 g/mol. The Kier molecular flexibility index (Phi) is 5.78. The van der Waals surface area contributed by atoms with Crippen molar-refractivity contribution < 1.29 is 0 Å². The van der Waals surface area contributed by atoms with Crippen molar-refractivity contribution in [1.82, 2.24) is 9.88 Å². The van der Waals surface area contributed by atoms with Crippen LogP contribution in [0.3, 0.4) is 0 Å². The topological polar surface area (TPSA) is 16.1 Å². The molecule has 2 nitrogen and oxygen atoms in total. The Balaban J connectivity index is 1.73. The lowest BCUT2D eigenvalue weighted by Crippen LogP contribution is -2.22. The van der Waals surface area contributed by atoms with Crippen LogP contribution in [0.25, 0.3) is 0 Å². The van der Waals surface area contributed by atoms with Crippen molar-refractivity contribution in [3.63, 3.8) is 0 Å². The van der Waals surface area contributed by atoms with Crippen LogP contribution in [0.4, 0.5) is 0 Å². The molecule has 0 fully saturated rings. The lowest BCUT2D eigenvalue weighted by Gasteiger charge is -2.22. The second-order valence-electron chi connectivity index (χ2n) is 6.48. The van der Waals surface area contributed by atoms with Gasteiger partial charge in [0.15, 0.2) is 0 Å². The van der Waals surface area contributed by atoms with Crippen molar-refractivity contribution in [1.29, 1.82) is 0 Å². The Labute approximate surface area is 148 Å². The summed E-state index contributed by atoms with van der Waals surface area (Å²) in [5.41, 5.74) is 4.02. The molecule has 0 N–H and O–H groups in total. The highest BCUT2D eigenvalue weighted by Gasteiger charge is 2.10. The zero-order chi connectivity index (χ0) is 16.8. The van der Waals surface area contributed by atoms with Crippen molar-refractivity contribution in [3.05, 3.63) is 87.9 Å². The molecule has 24 heavy (non-hydrogen) atoms. The Morgan fingerprint density at radius 1 is 0.917 bits per heavy atom. The third kappa shape index (κ3) is 4.76. The quantitative estimate of drug-likeness (QED) is 0.569. The number of pyridine rings is 1. The first-order chi connectivity index (χ1) is 11.7. The van der Waals surface area contributed by atoms with Crippen molar-refractivity contribution in [2.24, 2.45) is 0 Å². The number of thiophene rings is 1. The molecule has 0 atom stereocenters. The van der Waals surface area contributed by atoms with E-state index < -0.39 is 0 Å². The van der Waals surface area contributed by atoms with E-state index in [0.717, 1.165) is 19.6 Å². The van der Waals surface area contributed by atoms with Gasteiger partial charge in [0.1, 0.15) is 0 Å². The van der Waals surface area contributed by atoms with Gasteiger partial charge < -0.3 is 0 Å². The van der Waals surface area contributed by atoms with Gasteiger partial charge in [-0.2, -0.15) is 0 Å². The van der Waals surface area contributed by atoms with E-state index in [1.165, 1.54) is 21.6 Å². The van der Waals surface area contributed by atoms with Gasteiger partial charge in [-0.15, -0.1) is 11.3 Å². The van der Waals surface area contributed by atoms with Gasteiger partial charge in [-0.3, -0.25) is 9.88 Å². The van der Waals surface area contributed by atoms with Gasteiger partial charge in [0, 0.05) is 36.9 Å². The van der Waals surface area contributed by atoms with Gasteiger partial charge in [0.25, 0.3) is 0 Å². The van der Waals surface area contributed by atoms with E-state index in [2.05, 4.69) is 71.6 Å². The zero-order valence-electron chi connectivity index (χ0n) is 14.4. The normalized spacial score (nSPS) is 11.3. The third-order valence-electron chi connectivity index (χ3n) is 4.14. The molecule has 0 aliphatic rings. The van der Waals surface area contributed by atoms with E-state index in [1.54, 1.807) is 0 Å². The van der Waals surface area contributed by atoms with Crippen LogP contribution in [-0.2, 0) is 19.6 Å². The molecule has 2 aromatic heterocycles. The first-order valence-electron chi connectivity index (χ1n) is 8.43. The van der Waals surface area contributed by atoms with E-state index in [9.17, 15) is 0 Å². The van der Waals surface area contributed by atoms with Crippen LogP contribution in [0.2, 0.25) is 0 Å². The van der Waals surface area contributed by atoms with Gasteiger partial charge in [0.05, 0.1) is 0 Å². The Morgan fingerprint density at radius 2 is 1.71 bits per heavy atom. The molecule has 0 bridgehead atoms. The summed E-state index contributed by atoms with van der Waals surface area (Å²) in [6.45, 7) is 7.31. The van der Waals surface area contributed by atoms with E-state index in [4.69, 9.17) is 0 Å². The summed E-state index contributed by atoms with van der Waals surface area (Å²) < 4.78 is 0. The van der Waals surface area contributed by atoms with Gasteiger partial charge in [-0.25, -0.2) is 0 Å². The number of hydrogen-bond donors (Lipinski definition) is 0. The highest BCUT2D eigenvalue weighted by Crippen LogP contribution is 2.19. The summed E-state index contributed by atoms with van der Waals surface area (Å²) in [7, 11) is 0. The molecule has 3 heteroatoms. The number of aromatic nitrogens is 1. The highest BCUT2D eigenvalue weighted by molar-refractivity contribution is 7.09. The summed E-state index contributed by atoms with van der Waals surface area (Å²) >= 11 is 1.82. The molecule has 2 heterocycles. The molecule has 0 radical (unpaired) electrons. The predicted molar refractivity (Wildman–Crippen MR) is 102 cm³/mol. The maximum absolute atomic E-state index is 4.25. The lowest BCUT2D eigenvalue weighted by molar-refractivity contribution is 0.249. The first kappa shape index (κ1) is 16.9. The second kappa shape index (κ2) is 8.22. The van der Waals surface area contributed by atoms with Crippen molar-refractivity contribution in [2.45, 2.75) is 39.4 Å². The van der Waals surface area contributed by atoms with Gasteiger partial charge in [0.2, 0.25) is 0 Å².